The molecule has 1 aliphatic carbocycles. The van der Waals surface area contributed by atoms with Gasteiger partial charge >= 0.3 is 5.97 Å². The van der Waals surface area contributed by atoms with Crippen molar-refractivity contribution in [3.05, 3.63) is 41.7 Å². The smallest absolute Gasteiger partial charge is 0.335 e. The molecule has 1 aromatic heterocycles. The van der Waals surface area contributed by atoms with Gasteiger partial charge < -0.3 is 15.2 Å². The number of anilines is 1. The van der Waals surface area contributed by atoms with Gasteiger partial charge in [0.05, 0.1) is 24.4 Å². The quantitative estimate of drug-likeness (QED) is 0.879. The average Bonchev–Trinajstić information content (AvgIpc) is 3.25. The van der Waals surface area contributed by atoms with E-state index in [0.717, 1.165) is 25.7 Å². The second-order valence-electron chi connectivity index (χ2n) is 5.77. The molecule has 0 spiro atoms. The van der Waals surface area contributed by atoms with Gasteiger partial charge in [0, 0.05) is 6.20 Å². The van der Waals surface area contributed by atoms with Gasteiger partial charge in [0.25, 0.3) is 5.91 Å². The molecule has 2 N–H and O–H groups in total. The van der Waals surface area contributed by atoms with Crippen LogP contribution in [0.2, 0.25) is 0 Å². The minimum atomic E-state index is -1.05. The molecule has 1 heterocycles. The molecule has 3 rings (SSSR count). The van der Waals surface area contributed by atoms with Gasteiger partial charge in [0.15, 0.2) is 0 Å². The zero-order valence-electron chi connectivity index (χ0n) is 13.4. The first-order valence-corrected chi connectivity index (χ1v) is 7.86. The number of aromatic nitrogens is 2. The summed E-state index contributed by atoms with van der Waals surface area (Å²) in [6.07, 6.45) is 5.97. The second kappa shape index (κ2) is 6.74. The highest BCUT2D eigenvalue weighted by Gasteiger charge is 2.23. The highest BCUT2D eigenvalue weighted by atomic mass is 16.5. The van der Waals surface area contributed by atoms with E-state index in [0.29, 0.717) is 17.1 Å². The lowest BCUT2D eigenvalue weighted by molar-refractivity contribution is 0.0696. The Morgan fingerprint density at radius 3 is 2.71 bits per heavy atom. The summed E-state index contributed by atoms with van der Waals surface area (Å²) in [4.78, 5) is 23.6. The molecule has 7 nitrogen and oxygen atoms in total. The van der Waals surface area contributed by atoms with E-state index < -0.39 is 5.97 Å². The van der Waals surface area contributed by atoms with E-state index in [1.165, 1.54) is 25.3 Å². The van der Waals surface area contributed by atoms with Gasteiger partial charge in [-0.1, -0.05) is 12.8 Å². The molecule has 24 heavy (non-hydrogen) atoms. The van der Waals surface area contributed by atoms with Crippen LogP contribution in [0.3, 0.4) is 0 Å². The standard InChI is InChI=1S/C17H19N3O4/c1-24-15-10-11(17(22)23)6-7-13(15)19-16(21)14-8-9-18-20(14)12-4-2-3-5-12/h6-10,12H,2-5H2,1H3,(H,19,21)(H,22,23). The Balaban J connectivity index is 1.83. The fourth-order valence-electron chi connectivity index (χ4n) is 3.05. The molecule has 1 fully saturated rings. The van der Waals surface area contributed by atoms with Crippen molar-refractivity contribution < 1.29 is 19.4 Å². The maximum atomic E-state index is 12.6. The molecule has 2 aromatic rings. The molecule has 0 aliphatic heterocycles. The molecule has 0 unspecified atom stereocenters. The number of rotatable bonds is 5. The van der Waals surface area contributed by atoms with Crippen LogP contribution in [0.15, 0.2) is 30.5 Å². The average molecular weight is 329 g/mol. The van der Waals surface area contributed by atoms with E-state index in [1.54, 1.807) is 16.9 Å². The Labute approximate surface area is 139 Å². The molecular formula is C17H19N3O4. The van der Waals surface area contributed by atoms with Crippen molar-refractivity contribution >= 4 is 17.6 Å². The molecule has 0 bridgehead atoms. The van der Waals surface area contributed by atoms with Crippen molar-refractivity contribution in [2.75, 3.05) is 12.4 Å². The number of carboxylic acid groups (broad SMARTS) is 1. The minimum Gasteiger partial charge on any atom is -0.495 e. The third-order valence-electron chi connectivity index (χ3n) is 4.27. The van der Waals surface area contributed by atoms with E-state index >= 15 is 0 Å². The summed E-state index contributed by atoms with van der Waals surface area (Å²) < 4.78 is 6.96. The summed E-state index contributed by atoms with van der Waals surface area (Å²) in [6.45, 7) is 0. The summed E-state index contributed by atoms with van der Waals surface area (Å²) in [5.41, 5.74) is 1.01. The number of benzene rings is 1. The molecule has 1 amide bonds. The molecule has 1 saturated carbocycles. The molecule has 0 saturated heterocycles. The molecular weight excluding hydrogens is 310 g/mol. The van der Waals surface area contributed by atoms with Gasteiger partial charge in [-0.05, 0) is 37.1 Å². The number of hydrogen-bond acceptors (Lipinski definition) is 4. The van der Waals surface area contributed by atoms with E-state index in [1.807, 2.05) is 0 Å². The SMILES string of the molecule is COc1cc(C(=O)O)ccc1NC(=O)c1ccnn1C1CCCC1. The lowest BCUT2D eigenvalue weighted by Crippen LogP contribution is -2.20. The molecule has 1 aliphatic rings. The molecule has 1 aromatic carbocycles. The highest BCUT2D eigenvalue weighted by Crippen LogP contribution is 2.31. The number of carbonyl (C=O) groups is 2. The van der Waals surface area contributed by atoms with Gasteiger partial charge in [0.2, 0.25) is 0 Å². The van der Waals surface area contributed by atoms with Crippen molar-refractivity contribution in [1.82, 2.24) is 9.78 Å². The lowest BCUT2D eigenvalue weighted by atomic mass is 10.2. The first kappa shape index (κ1) is 16.0. The number of methoxy groups -OCH3 is 1. The highest BCUT2D eigenvalue weighted by molar-refractivity contribution is 6.04. The van der Waals surface area contributed by atoms with Crippen molar-refractivity contribution in [3.63, 3.8) is 0 Å². The van der Waals surface area contributed by atoms with Crippen LogP contribution in [0.1, 0.15) is 52.6 Å². The number of nitrogens with one attached hydrogen (secondary N) is 1. The lowest BCUT2D eigenvalue weighted by Gasteiger charge is -2.15. The molecule has 0 atom stereocenters. The predicted octanol–water partition coefficient (Wildman–Crippen LogP) is 2.96. The normalized spacial score (nSPS) is 14.5. The van der Waals surface area contributed by atoms with Crippen LogP contribution in [0.4, 0.5) is 5.69 Å². The van der Waals surface area contributed by atoms with Crippen LogP contribution in [0, 0.1) is 0 Å². The summed E-state index contributed by atoms with van der Waals surface area (Å²) in [7, 11) is 1.43. The monoisotopic (exact) mass is 329 g/mol. The second-order valence-corrected chi connectivity index (χ2v) is 5.77. The Morgan fingerprint density at radius 1 is 1.29 bits per heavy atom. The predicted molar refractivity (Wildman–Crippen MR) is 87.6 cm³/mol. The van der Waals surface area contributed by atoms with Gasteiger partial charge in [-0.15, -0.1) is 0 Å². The van der Waals surface area contributed by atoms with Gasteiger partial charge in [0.1, 0.15) is 11.4 Å². The van der Waals surface area contributed by atoms with Gasteiger partial charge in [-0.2, -0.15) is 5.10 Å². The van der Waals surface area contributed by atoms with Crippen LogP contribution in [0.5, 0.6) is 5.75 Å². The van der Waals surface area contributed by atoms with E-state index in [-0.39, 0.29) is 17.5 Å². The van der Waals surface area contributed by atoms with Crippen molar-refractivity contribution in [2.24, 2.45) is 0 Å². The Bertz CT molecular complexity index is 763. The van der Waals surface area contributed by atoms with Crippen LogP contribution in [0.25, 0.3) is 0 Å². The van der Waals surface area contributed by atoms with Crippen molar-refractivity contribution in [2.45, 2.75) is 31.7 Å². The third-order valence-corrected chi connectivity index (χ3v) is 4.27. The fraction of sp³-hybridized carbons (Fsp3) is 0.353. The van der Waals surface area contributed by atoms with Crippen LogP contribution in [-0.2, 0) is 0 Å². The number of ether oxygens (including phenoxy) is 1. The van der Waals surface area contributed by atoms with Gasteiger partial charge in [-0.25, -0.2) is 4.79 Å². The number of nitrogens with zero attached hydrogens (tertiary/aromatic N) is 2. The fourth-order valence-corrected chi connectivity index (χ4v) is 3.05. The van der Waals surface area contributed by atoms with Crippen molar-refractivity contribution in [3.8, 4) is 5.75 Å². The van der Waals surface area contributed by atoms with Crippen LogP contribution >= 0.6 is 0 Å². The molecule has 126 valence electrons. The number of aromatic carboxylic acids is 1. The Morgan fingerprint density at radius 2 is 2.04 bits per heavy atom. The maximum Gasteiger partial charge on any atom is 0.335 e. The summed E-state index contributed by atoms with van der Waals surface area (Å²) in [5, 5.41) is 16.1. The summed E-state index contributed by atoms with van der Waals surface area (Å²) in [6, 6.07) is 6.28. The van der Waals surface area contributed by atoms with E-state index in [9.17, 15) is 9.59 Å². The zero-order valence-corrected chi connectivity index (χ0v) is 13.4. The largest absolute Gasteiger partial charge is 0.495 e. The minimum absolute atomic E-state index is 0.0980. The zero-order chi connectivity index (χ0) is 17.1. The first-order chi connectivity index (χ1) is 11.6. The van der Waals surface area contributed by atoms with E-state index in [4.69, 9.17) is 9.84 Å². The number of hydrogen-bond donors (Lipinski definition) is 2. The maximum absolute atomic E-state index is 12.6. The van der Waals surface area contributed by atoms with E-state index in [2.05, 4.69) is 10.4 Å². The Kier molecular flexibility index (Phi) is 4.50. The molecule has 0 radical (unpaired) electrons. The molecule has 7 heteroatoms. The van der Waals surface area contributed by atoms with Crippen molar-refractivity contribution in [1.29, 1.82) is 0 Å². The third kappa shape index (κ3) is 3.10. The first-order valence-electron chi connectivity index (χ1n) is 7.86. The van der Waals surface area contributed by atoms with Gasteiger partial charge in [-0.3, -0.25) is 9.48 Å². The Hall–Kier alpha value is -2.83. The van der Waals surface area contributed by atoms with Crippen LogP contribution in [-0.4, -0.2) is 33.9 Å². The number of carbonyl (C=O) groups excluding carboxylic acids is 1. The van der Waals surface area contributed by atoms with Crippen LogP contribution < -0.4 is 10.1 Å². The summed E-state index contributed by atoms with van der Waals surface area (Å²) in [5.74, 6) is -1.04. The number of amides is 1. The summed E-state index contributed by atoms with van der Waals surface area (Å²) >= 11 is 0. The topological polar surface area (TPSA) is 93.4 Å². The number of carboxylic acids is 1.